The van der Waals surface area contributed by atoms with Crippen LogP contribution in [-0.4, -0.2) is 16.4 Å². The number of aromatic nitrogens is 1. The van der Waals surface area contributed by atoms with Crippen molar-refractivity contribution in [1.29, 1.82) is 0 Å². The van der Waals surface area contributed by atoms with E-state index in [0.29, 0.717) is 0 Å². The van der Waals surface area contributed by atoms with Gasteiger partial charge in [-0.2, -0.15) is 0 Å². The maximum absolute atomic E-state index is 13.7. The maximum atomic E-state index is 13.7. The first kappa shape index (κ1) is 16.4. The highest BCUT2D eigenvalue weighted by Crippen LogP contribution is 2.55. The number of para-hydroxylation sites is 1. The average Bonchev–Trinajstić information content (AvgIpc) is 3.07. The molecule has 3 aromatic rings. The molecule has 142 valence electrons. The second-order valence-electron chi connectivity index (χ2n) is 9.44. The van der Waals surface area contributed by atoms with Gasteiger partial charge < -0.3 is 10.3 Å². The van der Waals surface area contributed by atoms with Crippen molar-refractivity contribution in [3.8, 4) is 11.3 Å². The molecule has 0 spiro atoms. The molecular weight excluding hydrogens is 344 g/mol. The number of aromatic amines is 1. The topological polar surface area (TPSA) is 44.9 Å². The summed E-state index contributed by atoms with van der Waals surface area (Å²) in [6.45, 7) is 0. The summed E-state index contributed by atoms with van der Waals surface area (Å²) in [5.41, 5.74) is 3.85. The number of benzene rings is 2. The second-order valence-corrected chi connectivity index (χ2v) is 9.44. The predicted octanol–water partition coefficient (Wildman–Crippen LogP) is 5.53. The lowest BCUT2D eigenvalue weighted by Gasteiger charge is -2.56. The Labute approximate surface area is 165 Å². The van der Waals surface area contributed by atoms with Gasteiger partial charge in [0.2, 0.25) is 0 Å². The van der Waals surface area contributed by atoms with E-state index in [0.717, 1.165) is 45.5 Å². The van der Waals surface area contributed by atoms with E-state index < -0.39 is 0 Å². The molecule has 4 aliphatic rings. The SMILES string of the molecule is O=C(NC12CC3CC(CC(C3)C1)C2)c1c(-c2ccccc2)[nH]c2ccccc12. The Morgan fingerprint density at radius 1 is 0.857 bits per heavy atom. The first-order valence-corrected chi connectivity index (χ1v) is 10.7. The standard InChI is InChI=1S/C25H26N2O/c28-24(27-25-13-16-10-17(14-25)12-18(11-16)15-25)22-20-8-4-5-9-21(20)26-23(22)19-6-2-1-3-7-19/h1-9,16-18,26H,10-15H2,(H,27,28). The maximum Gasteiger partial charge on any atom is 0.254 e. The van der Waals surface area contributed by atoms with Crippen LogP contribution < -0.4 is 5.32 Å². The number of amides is 1. The van der Waals surface area contributed by atoms with Gasteiger partial charge in [-0.1, -0.05) is 48.5 Å². The second kappa shape index (κ2) is 5.97. The van der Waals surface area contributed by atoms with Crippen LogP contribution in [0.2, 0.25) is 0 Å². The van der Waals surface area contributed by atoms with Crippen LogP contribution in [0, 0.1) is 17.8 Å². The summed E-state index contributed by atoms with van der Waals surface area (Å²) in [5.74, 6) is 2.56. The quantitative estimate of drug-likeness (QED) is 0.625. The van der Waals surface area contributed by atoms with E-state index >= 15 is 0 Å². The number of carbonyl (C=O) groups is 1. The Balaban J connectivity index is 1.42. The fourth-order valence-electron chi connectivity index (χ4n) is 6.77. The van der Waals surface area contributed by atoms with E-state index in [1.807, 2.05) is 30.3 Å². The third kappa shape index (κ3) is 2.52. The zero-order valence-electron chi connectivity index (χ0n) is 16.1. The van der Waals surface area contributed by atoms with Crippen molar-refractivity contribution in [2.24, 2.45) is 17.8 Å². The zero-order chi connectivity index (χ0) is 18.7. The summed E-state index contributed by atoms with van der Waals surface area (Å²) in [6, 6.07) is 18.4. The average molecular weight is 370 g/mol. The van der Waals surface area contributed by atoms with Crippen LogP contribution in [0.5, 0.6) is 0 Å². The van der Waals surface area contributed by atoms with Crippen LogP contribution in [-0.2, 0) is 0 Å². The van der Waals surface area contributed by atoms with Crippen molar-refractivity contribution in [1.82, 2.24) is 10.3 Å². The summed E-state index contributed by atoms with van der Waals surface area (Å²) >= 11 is 0. The highest BCUT2D eigenvalue weighted by molar-refractivity contribution is 6.12. The molecule has 0 unspecified atom stereocenters. The van der Waals surface area contributed by atoms with Crippen LogP contribution in [0.1, 0.15) is 48.9 Å². The Hall–Kier alpha value is -2.55. The first-order valence-electron chi connectivity index (χ1n) is 10.7. The van der Waals surface area contributed by atoms with Crippen molar-refractivity contribution in [3.63, 3.8) is 0 Å². The summed E-state index contributed by atoms with van der Waals surface area (Å²) in [5, 5.41) is 4.59. The van der Waals surface area contributed by atoms with Gasteiger partial charge in [-0.15, -0.1) is 0 Å². The van der Waals surface area contributed by atoms with Gasteiger partial charge in [0, 0.05) is 16.4 Å². The van der Waals surface area contributed by atoms with Gasteiger partial charge in [0.1, 0.15) is 0 Å². The minimum absolute atomic E-state index is 0.0260. The first-order chi connectivity index (χ1) is 13.7. The lowest BCUT2D eigenvalue weighted by molar-refractivity contribution is -0.0166. The number of nitrogens with one attached hydrogen (secondary N) is 2. The zero-order valence-corrected chi connectivity index (χ0v) is 16.1. The van der Waals surface area contributed by atoms with Gasteiger partial charge in [0.15, 0.2) is 0 Å². The summed E-state index contributed by atoms with van der Waals surface area (Å²) in [6.07, 6.45) is 7.68. The number of rotatable bonds is 3. The van der Waals surface area contributed by atoms with E-state index in [9.17, 15) is 4.79 Å². The molecule has 0 radical (unpaired) electrons. The minimum Gasteiger partial charge on any atom is -0.354 e. The molecule has 1 aromatic heterocycles. The van der Waals surface area contributed by atoms with Crippen LogP contribution in [0.25, 0.3) is 22.2 Å². The van der Waals surface area contributed by atoms with Gasteiger partial charge in [-0.05, 0) is 67.9 Å². The molecule has 3 nitrogen and oxygen atoms in total. The van der Waals surface area contributed by atoms with Gasteiger partial charge in [0.05, 0.1) is 11.3 Å². The van der Waals surface area contributed by atoms with Crippen molar-refractivity contribution in [3.05, 3.63) is 60.2 Å². The smallest absolute Gasteiger partial charge is 0.254 e. The number of H-pyrrole nitrogens is 1. The van der Waals surface area contributed by atoms with Crippen LogP contribution in [0.3, 0.4) is 0 Å². The third-order valence-electron chi connectivity index (χ3n) is 7.41. The molecule has 28 heavy (non-hydrogen) atoms. The third-order valence-corrected chi connectivity index (χ3v) is 7.41. The van der Waals surface area contributed by atoms with E-state index in [-0.39, 0.29) is 11.4 Å². The summed E-state index contributed by atoms with van der Waals surface area (Å²) < 4.78 is 0. The molecule has 7 rings (SSSR count). The fourth-order valence-corrected chi connectivity index (χ4v) is 6.77. The number of carbonyl (C=O) groups excluding carboxylic acids is 1. The summed E-state index contributed by atoms with van der Waals surface area (Å²) in [7, 11) is 0. The number of hydrogen-bond acceptors (Lipinski definition) is 1. The molecule has 4 bridgehead atoms. The lowest BCUT2D eigenvalue weighted by atomic mass is 9.53. The summed E-state index contributed by atoms with van der Waals surface area (Å²) in [4.78, 5) is 17.2. The van der Waals surface area contributed by atoms with Crippen molar-refractivity contribution in [2.75, 3.05) is 0 Å². The fraction of sp³-hybridized carbons (Fsp3) is 0.400. The molecule has 0 saturated heterocycles. The number of hydrogen-bond donors (Lipinski definition) is 2. The lowest BCUT2D eigenvalue weighted by Crippen LogP contribution is -2.59. The molecule has 0 aliphatic heterocycles. The van der Waals surface area contributed by atoms with E-state index in [1.165, 1.54) is 38.5 Å². The van der Waals surface area contributed by atoms with Crippen molar-refractivity contribution >= 4 is 16.8 Å². The number of fused-ring (bicyclic) bond motifs is 1. The van der Waals surface area contributed by atoms with Crippen LogP contribution in [0.15, 0.2) is 54.6 Å². The Morgan fingerprint density at radius 2 is 1.46 bits per heavy atom. The van der Waals surface area contributed by atoms with Gasteiger partial charge in [-0.25, -0.2) is 0 Å². The van der Waals surface area contributed by atoms with E-state index in [2.05, 4.69) is 34.6 Å². The van der Waals surface area contributed by atoms with Crippen LogP contribution >= 0.6 is 0 Å². The normalized spacial score (nSPS) is 30.6. The monoisotopic (exact) mass is 370 g/mol. The molecular formula is C25H26N2O. The highest BCUT2D eigenvalue weighted by Gasteiger charge is 2.51. The van der Waals surface area contributed by atoms with Gasteiger partial charge in [0.25, 0.3) is 5.91 Å². The largest absolute Gasteiger partial charge is 0.354 e. The molecule has 3 heteroatoms. The molecule has 0 atom stereocenters. The van der Waals surface area contributed by atoms with Crippen molar-refractivity contribution in [2.45, 2.75) is 44.1 Å². The molecule has 2 aromatic carbocycles. The molecule has 4 aliphatic carbocycles. The molecule has 2 N–H and O–H groups in total. The van der Waals surface area contributed by atoms with Gasteiger partial charge >= 0.3 is 0 Å². The van der Waals surface area contributed by atoms with Crippen molar-refractivity contribution < 1.29 is 4.79 Å². The minimum atomic E-state index is 0.0260. The predicted molar refractivity (Wildman–Crippen MR) is 112 cm³/mol. The Kier molecular flexibility index (Phi) is 3.50. The van der Waals surface area contributed by atoms with E-state index in [1.54, 1.807) is 0 Å². The van der Waals surface area contributed by atoms with E-state index in [4.69, 9.17) is 0 Å². The Bertz CT molecular complexity index is 1010. The Morgan fingerprint density at radius 3 is 2.14 bits per heavy atom. The highest BCUT2D eigenvalue weighted by atomic mass is 16.1. The molecule has 4 fully saturated rings. The van der Waals surface area contributed by atoms with Crippen LogP contribution in [0.4, 0.5) is 0 Å². The molecule has 4 saturated carbocycles. The molecule has 1 heterocycles. The molecule has 1 amide bonds. The van der Waals surface area contributed by atoms with Gasteiger partial charge in [-0.3, -0.25) is 4.79 Å².